The normalized spacial score (nSPS) is 27.3. The largest absolute Gasteiger partial charge is 0.474 e. The highest BCUT2D eigenvalue weighted by Gasteiger charge is 3.02. The smallest absolute Gasteiger partial charge is 0.292 e. The number of anilines is 1. The van der Waals surface area contributed by atoms with Gasteiger partial charge in [0.05, 0.1) is 10.5 Å². The Morgan fingerprint density at radius 2 is 1.45 bits per heavy atom. The van der Waals surface area contributed by atoms with Crippen LogP contribution in [-0.4, -0.2) is 48.0 Å². The molecule has 1 N–H and O–H groups in total. The molecule has 4 atom stereocenters. The maximum Gasteiger partial charge on any atom is 0.474 e. The Morgan fingerprint density at radius 1 is 0.932 bits per heavy atom. The SMILES string of the molecule is O=c1[nH]c(N(F)F)nc2c1nc(F)n2[C@]1(c2c(F)c(F)c(F)c(F)c2F)O[C@](F)(C(F)(F)OF)[C@@](F)(OF)[C@]1(OF)[N+](=O)[O-]. The summed E-state index contributed by atoms with van der Waals surface area (Å²) in [6.07, 6.45) is -10.2. The summed E-state index contributed by atoms with van der Waals surface area (Å²) in [7, 11) is 0. The number of rotatable bonds is 8. The van der Waals surface area contributed by atoms with Crippen LogP contribution in [0.2, 0.25) is 0 Å². The Morgan fingerprint density at radius 3 is 1.89 bits per heavy atom. The van der Waals surface area contributed by atoms with Gasteiger partial charge in [-0.2, -0.15) is 31.9 Å². The van der Waals surface area contributed by atoms with Crippen molar-refractivity contribution in [2.75, 3.05) is 5.34 Å². The molecule has 0 unspecified atom stereocenters. The van der Waals surface area contributed by atoms with Gasteiger partial charge in [0.1, 0.15) is 0 Å². The van der Waals surface area contributed by atoms with Gasteiger partial charge in [0.25, 0.3) is 23.3 Å². The number of aromatic nitrogens is 4. The second-order valence-electron chi connectivity index (χ2n) is 8.04. The quantitative estimate of drug-likeness (QED) is 0.0547. The summed E-state index contributed by atoms with van der Waals surface area (Å²) in [5.74, 6) is -33.9. The van der Waals surface area contributed by atoms with Crippen molar-refractivity contribution in [1.29, 1.82) is 0 Å². The summed E-state index contributed by atoms with van der Waals surface area (Å²) in [6.45, 7) is 0. The highest BCUT2D eigenvalue weighted by molar-refractivity contribution is 5.72. The monoisotopic (exact) mass is 674 g/mol. The molecule has 4 rings (SSSR count). The van der Waals surface area contributed by atoms with E-state index < -0.39 is 108 Å². The summed E-state index contributed by atoms with van der Waals surface area (Å²) in [5, 5.41) is 9.86. The first-order valence-corrected chi connectivity index (χ1v) is 10.0. The number of nitrogens with zero attached hydrogens (tertiary/aromatic N) is 5. The molecule has 2 aromatic heterocycles. The Hall–Kier alpha value is -4.44. The molecule has 3 aromatic rings. The fourth-order valence-corrected chi connectivity index (χ4v) is 4.26. The molecule has 0 saturated carbocycles. The molecule has 0 spiro atoms. The van der Waals surface area contributed by atoms with Crippen molar-refractivity contribution in [1.82, 2.24) is 19.5 Å². The van der Waals surface area contributed by atoms with E-state index in [0.29, 0.717) is 0 Å². The van der Waals surface area contributed by atoms with E-state index in [1.165, 1.54) is 0 Å². The van der Waals surface area contributed by atoms with Gasteiger partial charge >= 0.3 is 23.5 Å². The Labute approximate surface area is 224 Å². The fourth-order valence-electron chi connectivity index (χ4n) is 4.26. The number of hydrogen-bond donors (Lipinski definition) is 1. The van der Waals surface area contributed by atoms with E-state index in [1.54, 1.807) is 4.94 Å². The number of hydrogen-bond acceptors (Lipinski definition) is 10. The second-order valence-corrected chi connectivity index (χ2v) is 8.04. The van der Waals surface area contributed by atoms with Crippen LogP contribution in [0, 0.1) is 45.3 Å². The number of imidazole rings is 1. The van der Waals surface area contributed by atoms with Crippen molar-refractivity contribution in [3.63, 3.8) is 0 Å². The van der Waals surface area contributed by atoms with Gasteiger partial charge in [0.2, 0.25) is 5.82 Å². The Bertz CT molecular complexity index is 1730. The highest BCUT2D eigenvalue weighted by Crippen LogP contribution is 2.67. The van der Waals surface area contributed by atoms with Crippen LogP contribution >= 0.6 is 0 Å². The third-order valence-corrected chi connectivity index (χ3v) is 6.03. The molecule has 242 valence electrons. The zero-order valence-corrected chi connectivity index (χ0v) is 19.3. The lowest BCUT2D eigenvalue weighted by Crippen LogP contribution is -2.71. The summed E-state index contributed by atoms with van der Waals surface area (Å²) in [4.78, 5) is 33.5. The minimum Gasteiger partial charge on any atom is -0.292 e. The van der Waals surface area contributed by atoms with Gasteiger partial charge in [0, 0.05) is 0 Å². The molecule has 3 heterocycles. The molecular weight excluding hydrogens is 673 g/mol. The first-order valence-electron chi connectivity index (χ1n) is 10.0. The van der Waals surface area contributed by atoms with Gasteiger partial charge in [0.15, 0.2) is 34.4 Å². The predicted octanol–water partition coefficient (Wildman–Crippen LogP) is 3.86. The zero-order valence-electron chi connectivity index (χ0n) is 19.3. The summed E-state index contributed by atoms with van der Waals surface area (Å²) >= 11 is 0. The number of halogens is 15. The van der Waals surface area contributed by atoms with Gasteiger partial charge in [-0.1, -0.05) is 8.96 Å². The molecule has 1 aliphatic rings. The number of H-pyrrole nitrogens is 1. The van der Waals surface area contributed by atoms with Crippen molar-refractivity contribution in [2.24, 2.45) is 0 Å². The maximum absolute atomic E-state index is 16.0. The number of ether oxygens (including phenoxy) is 1. The van der Waals surface area contributed by atoms with Crippen LogP contribution in [0.1, 0.15) is 5.56 Å². The van der Waals surface area contributed by atoms with Gasteiger partial charge in [-0.05, 0) is 18.9 Å². The third-order valence-electron chi connectivity index (χ3n) is 6.03. The molecule has 0 radical (unpaired) electrons. The van der Waals surface area contributed by atoms with Gasteiger partial charge in [-0.25, -0.2) is 26.5 Å². The van der Waals surface area contributed by atoms with Crippen LogP contribution in [0.4, 0.5) is 72.4 Å². The van der Waals surface area contributed by atoms with Crippen molar-refractivity contribution in [2.45, 2.75) is 29.3 Å². The van der Waals surface area contributed by atoms with E-state index in [2.05, 4.69) is 24.6 Å². The highest BCUT2D eigenvalue weighted by atomic mass is 19.4. The zero-order chi connectivity index (χ0) is 33.5. The molecule has 0 amide bonds. The van der Waals surface area contributed by atoms with E-state index in [0.717, 1.165) is 4.98 Å². The topological polar surface area (TPSA) is 147 Å². The van der Waals surface area contributed by atoms with E-state index in [1.807, 2.05) is 0 Å². The standard InChI is InChI=1S/C16HF15N6O7/c17-2-1(3(18)5(20)6(21)4(2)19)12(35-8-7(32-10(35)22)9(38)34-11(33-8)36(27)28)15(43-30,37(39)40)13(23,42-29)14(24,41-12)16(25,26)44-31/h(H,33,34,38)/t12-,13-,14+,15+/m1/s1. The number of aromatic amines is 1. The first-order chi connectivity index (χ1) is 20.2. The van der Waals surface area contributed by atoms with Crippen LogP contribution in [0.25, 0.3) is 11.2 Å². The van der Waals surface area contributed by atoms with Crippen LogP contribution in [0.15, 0.2) is 4.79 Å². The molecule has 1 aromatic carbocycles. The summed E-state index contributed by atoms with van der Waals surface area (Å²) in [6, 6.07) is 0. The van der Waals surface area contributed by atoms with Crippen molar-refractivity contribution in [3.8, 4) is 0 Å². The molecule has 28 heteroatoms. The molecular formula is C16HF15N6O7. The Balaban J connectivity index is 2.49. The third kappa shape index (κ3) is 3.45. The maximum atomic E-state index is 16.0. The van der Waals surface area contributed by atoms with E-state index in [-0.39, 0.29) is 0 Å². The van der Waals surface area contributed by atoms with Crippen LogP contribution < -0.4 is 10.9 Å². The molecule has 1 fully saturated rings. The van der Waals surface area contributed by atoms with Crippen molar-refractivity contribution >= 4 is 17.1 Å². The van der Waals surface area contributed by atoms with Crippen LogP contribution in [0.3, 0.4) is 0 Å². The molecule has 1 aliphatic heterocycles. The van der Waals surface area contributed by atoms with Gasteiger partial charge in [-0.15, -0.1) is 14.8 Å². The fraction of sp³-hybridized carbons (Fsp3) is 0.312. The number of nitro groups is 1. The van der Waals surface area contributed by atoms with E-state index in [4.69, 9.17) is 0 Å². The predicted molar refractivity (Wildman–Crippen MR) is 96.1 cm³/mol. The number of fused-ring (bicyclic) bond motifs is 1. The van der Waals surface area contributed by atoms with Crippen LogP contribution in [-0.2, 0) is 25.3 Å². The van der Waals surface area contributed by atoms with Gasteiger partial charge in [-0.3, -0.25) is 24.6 Å². The van der Waals surface area contributed by atoms with E-state index >= 15 is 22.0 Å². The lowest BCUT2D eigenvalue weighted by molar-refractivity contribution is -0.713. The number of benzene rings is 1. The first kappa shape index (κ1) is 32.5. The van der Waals surface area contributed by atoms with E-state index in [9.17, 15) is 59.4 Å². The molecule has 13 nitrogen and oxygen atoms in total. The lowest BCUT2D eigenvalue weighted by atomic mass is 9.85. The molecule has 44 heavy (non-hydrogen) atoms. The number of alkyl halides is 4. The Kier molecular flexibility index (Phi) is 7.22. The lowest BCUT2D eigenvalue weighted by Gasteiger charge is -2.36. The molecule has 0 bridgehead atoms. The molecule has 0 aliphatic carbocycles. The summed E-state index contributed by atoms with van der Waals surface area (Å²) < 4.78 is 218. The number of nitrogens with one attached hydrogen (secondary N) is 1. The van der Waals surface area contributed by atoms with Gasteiger partial charge < -0.3 is 0 Å². The second kappa shape index (κ2) is 9.79. The van der Waals surface area contributed by atoms with Crippen molar-refractivity contribution in [3.05, 3.63) is 61.2 Å². The minimum atomic E-state index is -7.04. The average molecular weight is 674 g/mol. The van der Waals surface area contributed by atoms with Crippen molar-refractivity contribution < 1.29 is 90.9 Å². The minimum absolute atomic E-state index is 1.06. The van der Waals surface area contributed by atoms with Crippen LogP contribution in [0.5, 0.6) is 0 Å². The molecule has 1 saturated heterocycles. The summed E-state index contributed by atoms with van der Waals surface area (Å²) in [5.41, 5.74) is -22.9. The average Bonchev–Trinajstić information content (AvgIpc) is 3.39.